The Hall–Kier alpha value is -3.16. The molecule has 8 heteroatoms. The molecule has 0 aliphatic rings. The zero-order valence-corrected chi connectivity index (χ0v) is 14.2. The standard InChI is InChI=1S/C19H15F4N3O/c1-27-15-4-2-3-12(7-15)9-25-17-6-5-16(26-18(17)19(21,22)23)13-8-14(20)11-24-10-13/h2-8,10-11,25H,9H2,1H3. The molecular weight excluding hydrogens is 362 g/mol. The highest BCUT2D eigenvalue weighted by Gasteiger charge is 2.36. The lowest BCUT2D eigenvalue weighted by molar-refractivity contribution is -0.140. The summed E-state index contributed by atoms with van der Waals surface area (Å²) in [5, 5.41) is 2.75. The molecule has 2 heterocycles. The van der Waals surface area contributed by atoms with Crippen molar-refractivity contribution in [1.29, 1.82) is 0 Å². The number of methoxy groups -OCH3 is 1. The fourth-order valence-corrected chi connectivity index (χ4v) is 2.51. The number of hydrogen-bond donors (Lipinski definition) is 1. The summed E-state index contributed by atoms with van der Waals surface area (Å²) in [5.74, 6) is -0.0412. The number of halogens is 4. The SMILES string of the molecule is COc1cccc(CNc2ccc(-c3cncc(F)c3)nc2C(F)(F)F)c1. The van der Waals surface area contributed by atoms with Gasteiger partial charge in [0.1, 0.15) is 11.6 Å². The van der Waals surface area contributed by atoms with Crippen molar-refractivity contribution in [1.82, 2.24) is 9.97 Å². The average molecular weight is 377 g/mol. The van der Waals surface area contributed by atoms with Gasteiger partial charge in [-0.05, 0) is 35.9 Å². The second-order valence-corrected chi connectivity index (χ2v) is 5.69. The van der Waals surface area contributed by atoms with E-state index in [0.717, 1.165) is 17.8 Å². The molecule has 0 radical (unpaired) electrons. The van der Waals surface area contributed by atoms with Gasteiger partial charge in [0.25, 0.3) is 0 Å². The fraction of sp³-hybridized carbons (Fsp3) is 0.158. The first-order valence-electron chi connectivity index (χ1n) is 7.93. The molecule has 0 saturated heterocycles. The number of benzene rings is 1. The van der Waals surface area contributed by atoms with Crippen LogP contribution in [0.25, 0.3) is 11.3 Å². The summed E-state index contributed by atoms with van der Waals surface area (Å²) in [6.07, 6.45) is -2.44. The molecule has 0 amide bonds. The van der Waals surface area contributed by atoms with Gasteiger partial charge in [0.15, 0.2) is 5.69 Å². The van der Waals surface area contributed by atoms with Crippen molar-refractivity contribution in [3.05, 3.63) is 71.9 Å². The molecule has 3 aromatic rings. The number of aromatic nitrogens is 2. The van der Waals surface area contributed by atoms with E-state index in [1.807, 2.05) is 0 Å². The normalized spacial score (nSPS) is 11.3. The van der Waals surface area contributed by atoms with Gasteiger partial charge in [-0.2, -0.15) is 13.2 Å². The van der Waals surface area contributed by atoms with Gasteiger partial charge in [-0.15, -0.1) is 0 Å². The Bertz CT molecular complexity index is 944. The monoisotopic (exact) mass is 377 g/mol. The van der Waals surface area contributed by atoms with E-state index in [9.17, 15) is 17.6 Å². The van der Waals surface area contributed by atoms with Crippen LogP contribution in [-0.2, 0) is 12.7 Å². The molecule has 4 nitrogen and oxygen atoms in total. The van der Waals surface area contributed by atoms with Crippen molar-refractivity contribution in [3.8, 4) is 17.0 Å². The van der Waals surface area contributed by atoms with E-state index in [-0.39, 0.29) is 23.5 Å². The number of anilines is 1. The molecule has 0 aliphatic carbocycles. The van der Waals surface area contributed by atoms with Crippen LogP contribution >= 0.6 is 0 Å². The van der Waals surface area contributed by atoms with Gasteiger partial charge >= 0.3 is 6.18 Å². The molecule has 0 saturated carbocycles. The lowest BCUT2D eigenvalue weighted by Crippen LogP contribution is -2.14. The highest BCUT2D eigenvalue weighted by Crippen LogP contribution is 2.35. The summed E-state index contributed by atoms with van der Waals surface area (Å²) < 4.78 is 58.8. The van der Waals surface area contributed by atoms with Crippen LogP contribution in [-0.4, -0.2) is 17.1 Å². The van der Waals surface area contributed by atoms with Crippen LogP contribution < -0.4 is 10.1 Å². The van der Waals surface area contributed by atoms with Gasteiger partial charge in [-0.3, -0.25) is 4.98 Å². The molecule has 1 aromatic carbocycles. The molecule has 0 bridgehead atoms. The Morgan fingerprint density at radius 1 is 1.07 bits per heavy atom. The average Bonchev–Trinajstić information content (AvgIpc) is 2.65. The lowest BCUT2D eigenvalue weighted by atomic mass is 10.1. The van der Waals surface area contributed by atoms with E-state index in [2.05, 4.69) is 15.3 Å². The first-order chi connectivity index (χ1) is 12.9. The summed E-state index contributed by atoms with van der Waals surface area (Å²) in [6.45, 7) is 0.156. The molecule has 27 heavy (non-hydrogen) atoms. The largest absolute Gasteiger partial charge is 0.497 e. The number of nitrogens with zero attached hydrogens (tertiary/aromatic N) is 2. The van der Waals surface area contributed by atoms with Crippen molar-refractivity contribution in [3.63, 3.8) is 0 Å². The third-order valence-corrected chi connectivity index (χ3v) is 3.78. The molecule has 0 atom stereocenters. The maximum atomic E-state index is 13.5. The van der Waals surface area contributed by atoms with E-state index in [1.54, 1.807) is 24.3 Å². The first-order valence-corrected chi connectivity index (χ1v) is 7.93. The van der Waals surface area contributed by atoms with Gasteiger partial charge in [0.05, 0.1) is 24.7 Å². The predicted molar refractivity (Wildman–Crippen MR) is 92.7 cm³/mol. The van der Waals surface area contributed by atoms with E-state index in [4.69, 9.17) is 4.74 Å². The predicted octanol–water partition coefficient (Wildman–Crippen LogP) is 4.92. The molecule has 0 spiro atoms. The Balaban J connectivity index is 1.90. The van der Waals surface area contributed by atoms with Gasteiger partial charge in [0, 0.05) is 18.3 Å². The molecule has 0 unspecified atom stereocenters. The van der Waals surface area contributed by atoms with E-state index >= 15 is 0 Å². The highest BCUT2D eigenvalue weighted by molar-refractivity contribution is 5.62. The Morgan fingerprint density at radius 2 is 1.89 bits per heavy atom. The smallest absolute Gasteiger partial charge is 0.435 e. The lowest BCUT2D eigenvalue weighted by Gasteiger charge is -2.15. The molecule has 140 valence electrons. The van der Waals surface area contributed by atoms with Gasteiger partial charge in [-0.1, -0.05) is 12.1 Å². The van der Waals surface area contributed by atoms with Crippen LogP contribution in [0.2, 0.25) is 0 Å². The van der Waals surface area contributed by atoms with Gasteiger partial charge in [0.2, 0.25) is 0 Å². The quantitative estimate of drug-likeness (QED) is 0.641. The minimum Gasteiger partial charge on any atom is -0.497 e. The van der Waals surface area contributed by atoms with Crippen LogP contribution in [0.15, 0.2) is 54.9 Å². The van der Waals surface area contributed by atoms with Crippen LogP contribution in [0.1, 0.15) is 11.3 Å². The second-order valence-electron chi connectivity index (χ2n) is 5.69. The number of ether oxygens (including phenoxy) is 1. The maximum absolute atomic E-state index is 13.5. The Morgan fingerprint density at radius 3 is 2.59 bits per heavy atom. The summed E-state index contributed by atoms with van der Waals surface area (Å²) in [5.41, 5.74) is -0.340. The van der Waals surface area contributed by atoms with Crippen LogP contribution in [0.3, 0.4) is 0 Å². The molecule has 2 aromatic heterocycles. The first kappa shape index (κ1) is 18.6. The molecule has 0 aliphatic heterocycles. The van der Waals surface area contributed by atoms with E-state index in [0.29, 0.717) is 5.75 Å². The summed E-state index contributed by atoms with van der Waals surface area (Å²) in [4.78, 5) is 7.33. The summed E-state index contributed by atoms with van der Waals surface area (Å²) >= 11 is 0. The third kappa shape index (κ3) is 4.52. The fourth-order valence-electron chi connectivity index (χ4n) is 2.51. The summed E-state index contributed by atoms with van der Waals surface area (Å²) in [7, 11) is 1.51. The van der Waals surface area contributed by atoms with E-state index in [1.165, 1.54) is 25.4 Å². The van der Waals surface area contributed by atoms with Crippen molar-refractivity contribution in [2.75, 3.05) is 12.4 Å². The number of nitrogens with one attached hydrogen (secondary N) is 1. The van der Waals surface area contributed by atoms with Gasteiger partial charge < -0.3 is 10.1 Å². The molecule has 0 fully saturated rings. The third-order valence-electron chi connectivity index (χ3n) is 3.78. The van der Waals surface area contributed by atoms with E-state index < -0.39 is 17.7 Å². The Labute approximate surface area is 152 Å². The van der Waals surface area contributed by atoms with Crippen LogP contribution in [0.5, 0.6) is 5.75 Å². The Kier molecular flexibility index (Phi) is 5.25. The highest BCUT2D eigenvalue weighted by atomic mass is 19.4. The second kappa shape index (κ2) is 7.61. The zero-order valence-electron chi connectivity index (χ0n) is 14.2. The number of hydrogen-bond acceptors (Lipinski definition) is 4. The maximum Gasteiger partial charge on any atom is 0.435 e. The van der Waals surface area contributed by atoms with Crippen LogP contribution in [0, 0.1) is 5.82 Å². The molecule has 1 N–H and O–H groups in total. The van der Waals surface area contributed by atoms with Crippen molar-refractivity contribution in [2.45, 2.75) is 12.7 Å². The number of alkyl halides is 3. The number of pyridine rings is 2. The summed E-state index contributed by atoms with van der Waals surface area (Å²) in [6, 6.07) is 10.7. The van der Waals surface area contributed by atoms with Crippen molar-refractivity contribution >= 4 is 5.69 Å². The van der Waals surface area contributed by atoms with Crippen molar-refractivity contribution in [2.24, 2.45) is 0 Å². The zero-order chi connectivity index (χ0) is 19.4. The molecule has 3 rings (SSSR count). The van der Waals surface area contributed by atoms with Crippen molar-refractivity contribution < 1.29 is 22.3 Å². The minimum absolute atomic E-state index is 0.0127. The van der Waals surface area contributed by atoms with Crippen LogP contribution in [0.4, 0.5) is 23.2 Å². The minimum atomic E-state index is -4.67. The topological polar surface area (TPSA) is 47.0 Å². The molecular formula is C19H15F4N3O. The number of rotatable bonds is 5. The van der Waals surface area contributed by atoms with Gasteiger partial charge in [-0.25, -0.2) is 9.37 Å².